The summed E-state index contributed by atoms with van der Waals surface area (Å²) in [5, 5.41) is 19.8. The predicted molar refractivity (Wildman–Crippen MR) is 73.8 cm³/mol. The summed E-state index contributed by atoms with van der Waals surface area (Å²) >= 11 is 0. The highest BCUT2D eigenvalue weighted by Crippen LogP contribution is 1.99. The Kier molecular flexibility index (Phi) is 4.36. The Labute approximate surface area is 121 Å². The van der Waals surface area contributed by atoms with Crippen molar-refractivity contribution >= 4 is 11.9 Å². The number of hydrogen-bond acceptors (Lipinski definition) is 4. The van der Waals surface area contributed by atoms with E-state index in [1.807, 2.05) is 26.1 Å². The van der Waals surface area contributed by atoms with E-state index in [4.69, 9.17) is 5.11 Å². The summed E-state index contributed by atoms with van der Waals surface area (Å²) in [4.78, 5) is 22.8. The van der Waals surface area contributed by atoms with Crippen molar-refractivity contribution in [3.63, 3.8) is 0 Å². The number of carbonyl (C=O) groups is 2. The Morgan fingerprint density at radius 2 is 2.19 bits per heavy atom. The maximum Gasteiger partial charge on any atom is 0.354 e. The van der Waals surface area contributed by atoms with Gasteiger partial charge in [0.2, 0.25) is 5.91 Å². The van der Waals surface area contributed by atoms with Crippen LogP contribution in [0.15, 0.2) is 24.5 Å². The van der Waals surface area contributed by atoms with E-state index in [9.17, 15) is 9.59 Å². The van der Waals surface area contributed by atoms with Gasteiger partial charge in [0.05, 0.1) is 12.2 Å². The number of nitrogens with zero attached hydrogens (tertiary/aromatic N) is 4. The first-order valence-corrected chi connectivity index (χ1v) is 6.50. The lowest BCUT2D eigenvalue weighted by Gasteiger charge is -2.14. The van der Waals surface area contributed by atoms with Gasteiger partial charge in [0, 0.05) is 18.4 Å². The van der Waals surface area contributed by atoms with Crippen LogP contribution in [-0.2, 0) is 17.9 Å². The van der Waals surface area contributed by atoms with Crippen molar-refractivity contribution in [2.75, 3.05) is 0 Å². The average molecular weight is 291 g/mol. The molecular formula is C13H17N5O3. The SMILES string of the molecule is Cc1ccn(CC(C)NC(=O)Cn2nccc2C(=O)O)n1. The molecule has 112 valence electrons. The first-order valence-electron chi connectivity index (χ1n) is 6.50. The number of carbonyl (C=O) groups excluding carboxylic acids is 1. The van der Waals surface area contributed by atoms with Crippen LogP contribution < -0.4 is 5.32 Å². The van der Waals surface area contributed by atoms with Crippen molar-refractivity contribution in [3.05, 3.63) is 35.9 Å². The van der Waals surface area contributed by atoms with E-state index in [-0.39, 0.29) is 24.2 Å². The van der Waals surface area contributed by atoms with Gasteiger partial charge in [0.1, 0.15) is 12.2 Å². The van der Waals surface area contributed by atoms with Gasteiger partial charge in [0.25, 0.3) is 0 Å². The number of nitrogens with one attached hydrogen (secondary N) is 1. The number of carboxylic acids is 1. The standard InChI is InChI=1S/C13H17N5O3/c1-9-4-6-17(16-9)7-10(2)15-12(19)8-18-11(13(20)21)3-5-14-18/h3-6,10H,7-8H2,1-2H3,(H,15,19)(H,20,21). The minimum atomic E-state index is -1.11. The van der Waals surface area contributed by atoms with Crippen molar-refractivity contribution in [2.24, 2.45) is 0 Å². The molecule has 8 heteroatoms. The topological polar surface area (TPSA) is 102 Å². The largest absolute Gasteiger partial charge is 0.477 e. The van der Waals surface area contributed by atoms with Gasteiger partial charge in [-0.15, -0.1) is 0 Å². The summed E-state index contributed by atoms with van der Waals surface area (Å²) in [6, 6.07) is 3.11. The van der Waals surface area contributed by atoms with Gasteiger partial charge in [-0.3, -0.25) is 9.48 Å². The summed E-state index contributed by atoms with van der Waals surface area (Å²) in [5.41, 5.74) is 0.900. The molecule has 2 rings (SSSR count). The molecule has 8 nitrogen and oxygen atoms in total. The Bertz CT molecular complexity index is 646. The van der Waals surface area contributed by atoms with Gasteiger partial charge in [0.15, 0.2) is 0 Å². The molecule has 0 radical (unpaired) electrons. The number of aromatic nitrogens is 4. The smallest absolute Gasteiger partial charge is 0.354 e. The number of aryl methyl sites for hydroxylation is 1. The third-order valence-electron chi connectivity index (χ3n) is 2.87. The lowest BCUT2D eigenvalue weighted by Crippen LogP contribution is -2.38. The number of amides is 1. The number of aromatic carboxylic acids is 1. The molecule has 2 aromatic heterocycles. The van der Waals surface area contributed by atoms with Crippen LogP contribution in [0.2, 0.25) is 0 Å². The van der Waals surface area contributed by atoms with Crippen molar-refractivity contribution < 1.29 is 14.7 Å². The van der Waals surface area contributed by atoms with Crippen molar-refractivity contribution in [1.82, 2.24) is 24.9 Å². The van der Waals surface area contributed by atoms with E-state index in [1.165, 1.54) is 12.3 Å². The maximum absolute atomic E-state index is 11.9. The van der Waals surface area contributed by atoms with Gasteiger partial charge in [-0.25, -0.2) is 9.48 Å². The molecule has 0 bridgehead atoms. The molecule has 2 aromatic rings. The summed E-state index contributed by atoms with van der Waals surface area (Å²) in [6.07, 6.45) is 3.20. The lowest BCUT2D eigenvalue weighted by atomic mass is 10.3. The quantitative estimate of drug-likeness (QED) is 0.796. The van der Waals surface area contributed by atoms with Crippen LogP contribution in [0.3, 0.4) is 0 Å². The fourth-order valence-electron chi connectivity index (χ4n) is 1.99. The maximum atomic E-state index is 11.9. The van der Waals surface area contributed by atoms with Gasteiger partial charge >= 0.3 is 5.97 Å². The van der Waals surface area contributed by atoms with Gasteiger partial charge in [-0.05, 0) is 26.0 Å². The molecule has 0 aliphatic heterocycles. The number of carboxylic acid groups (broad SMARTS) is 1. The normalized spacial score (nSPS) is 12.1. The van der Waals surface area contributed by atoms with Crippen LogP contribution in [0.4, 0.5) is 0 Å². The fraction of sp³-hybridized carbons (Fsp3) is 0.385. The second-order valence-corrected chi connectivity index (χ2v) is 4.83. The Hall–Kier alpha value is -2.64. The molecule has 0 fully saturated rings. The molecule has 0 spiro atoms. The molecule has 1 amide bonds. The Balaban J connectivity index is 1.89. The molecule has 0 aromatic carbocycles. The highest BCUT2D eigenvalue weighted by Gasteiger charge is 2.14. The summed E-state index contributed by atoms with van der Waals surface area (Å²) in [7, 11) is 0. The second-order valence-electron chi connectivity index (χ2n) is 4.83. The molecular weight excluding hydrogens is 274 g/mol. The molecule has 21 heavy (non-hydrogen) atoms. The van der Waals surface area contributed by atoms with E-state index >= 15 is 0 Å². The minimum absolute atomic E-state index is 0.0134. The summed E-state index contributed by atoms with van der Waals surface area (Å²) < 4.78 is 2.90. The third kappa shape index (κ3) is 3.91. The van der Waals surface area contributed by atoms with Crippen LogP contribution in [0.5, 0.6) is 0 Å². The van der Waals surface area contributed by atoms with Gasteiger partial charge in [-0.1, -0.05) is 0 Å². The monoisotopic (exact) mass is 291 g/mol. The predicted octanol–water partition coefficient (Wildman–Crippen LogP) is 0.291. The van der Waals surface area contributed by atoms with E-state index < -0.39 is 5.97 Å². The van der Waals surface area contributed by atoms with Crippen LogP contribution in [-0.4, -0.2) is 42.6 Å². The highest BCUT2D eigenvalue weighted by molar-refractivity contribution is 5.86. The zero-order valence-electron chi connectivity index (χ0n) is 11.9. The zero-order chi connectivity index (χ0) is 15.4. The minimum Gasteiger partial charge on any atom is -0.477 e. The lowest BCUT2D eigenvalue weighted by molar-refractivity contribution is -0.122. The van der Waals surface area contributed by atoms with Crippen LogP contribution in [0.25, 0.3) is 0 Å². The molecule has 1 atom stereocenters. The third-order valence-corrected chi connectivity index (χ3v) is 2.87. The van der Waals surface area contributed by atoms with E-state index in [1.54, 1.807) is 4.68 Å². The van der Waals surface area contributed by atoms with E-state index in [0.29, 0.717) is 6.54 Å². The number of hydrogen-bond donors (Lipinski definition) is 2. The first kappa shape index (κ1) is 14.8. The summed E-state index contributed by atoms with van der Waals surface area (Å²) in [6.45, 7) is 4.17. The molecule has 0 saturated heterocycles. The van der Waals surface area contributed by atoms with Crippen LogP contribution in [0.1, 0.15) is 23.1 Å². The van der Waals surface area contributed by atoms with E-state index in [2.05, 4.69) is 15.5 Å². The first-order chi connectivity index (χ1) is 9.95. The highest BCUT2D eigenvalue weighted by atomic mass is 16.4. The zero-order valence-corrected chi connectivity index (χ0v) is 11.9. The van der Waals surface area contributed by atoms with E-state index in [0.717, 1.165) is 10.4 Å². The summed E-state index contributed by atoms with van der Waals surface area (Å²) in [5.74, 6) is -1.40. The Morgan fingerprint density at radius 1 is 1.43 bits per heavy atom. The van der Waals surface area contributed by atoms with Crippen molar-refractivity contribution in [2.45, 2.75) is 33.0 Å². The molecule has 1 unspecified atom stereocenters. The fourth-order valence-corrected chi connectivity index (χ4v) is 1.99. The average Bonchev–Trinajstić information content (AvgIpc) is 2.98. The van der Waals surface area contributed by atoms with Crippen molar-refractivity contribution in [3.8, 4) is 0 Å². The van der Waals surface area contributed by atoms with Gasteiger partial charge < -0.3 is 10.4 Å². The van der Waals surface area contributed by atoms with Crippen LogP contribution >= 0.6 is 0 Å². The van der Waals surface area contributed by atoms with Crippen LogP contribution in [0, 0.1) is 6.92 Å². The molecule has 2 heterocycles. The van der Waals surface area contributed by atoms with Crippen molar-refractivity contribution in [1.29, 1.82) is 0 Å². The number of rotatable bonds is 6. The van der Waals surface area contributed by atoms with Gasteiger partial charge in [-0.2, -0.15) is 10.2 Å². The molecule has 0 aliphatic carbocycles. The molecule has 2 N–H and O–H groups in total. The second kappa shape index (κ2) is 6.21. The Morgan fingerprint density at radius 3 is 2.81 bits per heavy atom. The molecule has 0 saturated carbocycles. The molecule has 0 aliphatic rings.